The van der Waals surface area contributed by atoms with E-state index < -0.39 is 0 Å². The van der Waals surface area contributed by atoms with Crippen molar-refractivity contribution in [3.63, 3.8) is 0 Å². The average Bonchev–Trinajstić information content (AvgIpc) is 2.62. The molecule has 1 amide bonds. The van der Waals surface area contributed by atoms with Crippen LogP contribution in [-0.2, 0) is 0 Å². The van der Waals surface area contributed by atoms with E-state index in [1.807, 2.05) is 17.0 Å². The Bertz CT molecular complexity index is 550. The Labute approximate surface area is 144 Å². The quantitative estimate of drug-likeness (QED) is 0.898. The Kier molecular flexibility index (Phi) is 5.68. The molecule has 0 aliphatic carbocycles. The van der Waals surface area contributed by atoms with Gasteiger partial charge in [0.2, 0.25) is 0 Å². The van der Waals surface area contributed by atoms with Crippen molar-refractivity contribution >= 4 is 11.7 Å². The van der Waals surface area contributed by atoms with Gasteiger partial charge in [-0.15, -0.1) is 0 Å². The van der Waals surface area contributed by atoms with E-state index in [2.05, 4.69) is 14.8 Å². The number of nitrogens with zero attached hydrogens (tertiary/aromatic N) is 4. The van der Waals surface area contributed by atoms with E-state index in [-0.39, 0.29) is 12.0 Å². The summed E-state index contributed by atoms with van der Waals surface area (Å²) in [7, 11) is 0. The topological polar surface area (TPSA) is 59.9 Å². The van der Waals surface area contributed by atoms with Gasteiger partial charge in [-0.05, 0) is 38.3 Å². The van der Waals surface area contributed by atoms with E-state index in [1.165, 1.54) is 19.3 Å². The van der Waals surface area contributed by atoms with Gasteiger partial charge in [-0.25, -0.2) is 4.98 Å². The largest absolute Gasteiger partial charge is 0.392 e. The Hall–Kier alpha value is -1.66. The summed E-state index contributed by atoms with van der Waals surface area (Å²) >= 11 is 0. The molecule has 0 radical (unpaired) electrons. The van der Waals surface area contributed by atoms with Crippen molar-refractivity contribution in [3.05, 3.63) is 23.9 Å². The van der Waals surface area contributed by atoms with Gasteiger partial charge in [-0.1, -0.05) is 0 Å². The standard InChI is InChI=1S/C18H28N4O2/c1-15(23)14-20-10-12-22(13-11-20)18(24)16-6-5-7-19-17(16)21-8-3-2-4-9-21/h5-7,15,23H,2-4,8-14H2,1H3/t15-/m0/s1. The number of hydrogen-bond acceptors (Lipinski definition) is 5. The monoisotopic (exact) mass is 332 g/mol. The molecule has 132 valence electrons. The fourth-order valence-electron chi connectivity index (χ4n) is 3.60. The molecule has 0 aromatic carbocycles. The Morgan fingerprint density at radius 2 is 1.88 bits per heavy atom. The van der Waals surface area contributed by atoms with Crippen LogP contribution in [0.2, 0.25) is 0 Å². The number of pyridine rings is 1. The molecule has 1 aromatic heterocycles. The summed E-state index contributed by atoms with van der Waals surface area (Å²) in [5, 5.41) is 9.50. The van der Waals surface area contributed by atoms with E-state index in [0.29, 0.717) is 19.6 Å². The maximum Gasteiger partial charge on any atom is 0.257 e. The third kappa shape index (κ3) is 4.05. The molecule has 24 heavy (non-hydrogen) atoms. The molecule has 0 saturated carbocycles. The molecule has 1 aromatic rings. The minimum absolute atomic E-state index is 0.0837. The number of rotatable bonds is 4. The Morgan fingerprint density at radius 3 is 2.54 bits per heavy atom. The minimum Gasteiger partial charge on any atom is -0.392 e. The third-order valence-electron chi connectivity index (χ3n) is 4.85. The number of piperidine rings is 1. The lowest BCUT2D eigenvalue weighted by Gasteiger charge is -2.36. The summed E-state index contributed by atoms with van der Waals surface area (Å²) in [6.07, 6.45) is 5.06. The molecule has 3 rings (SSSR count). The molecule has 0 unspecified atom stereocenters. The van der Waals surface area contributed by atoms with Gasteiger partial charge in [0, 0.05) is 52.0 Å². The second-order valence-corrected chi connectivity index (χ2v) is 6.86. The second kappa shape index (κ2) is 7.94. The zero-order chi connectivity index (χ0) is 16.9. The molecule has 6 nitrogen and oxygen atoms in total. The van der Waals surface area contributed by atoms with Crippen LogP contribution in [0, 0.1) is 0 Å². The van der Waals surface area contributed by atoms with Crippen molar-refractivity contribution < 1.29 is 9.90 Å². The van der Waals surface area contributed by atoms with Crippen LogP contribution in [0.15, 0.2) is 18.3 Å². The summed E-state index contributed by atoms with van der Waals surface area (Å²) < 4.78 is 0. The van der Waals surface area contributed by atoms with Gasteiger partial charge >= 0.3 is 0 Å². The van der Waals surface area contributed by atoms with Crippen molar-refractivity contribution in [2.75, 3.05) is 50.7 Å². The van der Waals surface area contributed by atoms with Crippen LogP contribution in [0.1, 0.15) is 36.5 Å². The number of carbonyl (C=O) groups excluding carboxylic acids is 1. The van der Waals surface area contributed by atoms with E-state index in [9.17, 15) is 9.90 Å². The van der Waals surface area contributed by atoms with Crippen LogP contribution in [0.3, 0.4) is 0 Å². The fraction of sp³-hybridized carbons (Fsp3) is 0.667. The number of amides is 1. The van der Waals surface area contributed by atoms with Crippen LogP contribution < -0.4 is 4.90 Å². The van der Waals surface area contributed by atoms with E-state index in [0.717, 1.165) is 37.6 Å². The summed E-state index contributed by atoms with van der Waals surface area (Å²) in [6.45, 7) is 7.50. The number of hydrogen-bond donors (Lipinski definition) is 1. The first kappa shape index (κ1) is 17.2. The maximum absolute atomic E-state index is 13.0. The summed E-state index contributed by atoms with van der Waals surface area (Å²) in [5.74, 6) is 0.925. The van der Waals surface area contributed by atoms with E-state index in [4.69, 9.17) is 0 Å². The van der Waals surface area contributed by atoms with E-state index >= 15 is 0 Å². The van der Waals surface area contributed by atoms with Gasteiger partial charge in [0.15, 0.2) is 0 Å². The Morgan fingerprint density at radius 1 is 1.17 bits per heavy atom. The number of anilines is 1. The second-order valence-electron chi connectivity index (χ2n) is 6.86. The normalized spacial score (nSPS) is 20.9. The number of β-amino-alcohol motifs (C(OH)–C–C–N with tert-alkyl or cyclic N) is 1. The van der Waals surface area contributed by atoms with Gasteiger partial charge < -0.3 is 14.9 Å². The lowest BCUT2D eigenvalue weighted by Crippen LogP contribution is -2.50. The fourth-order valence-corrected chi connectivity index (χ4v) is 3.60. The van der Waals surface area contributed by atoms with Gasteiger partial charge in [0.25, 0.3) is 5.91 Å². The lowest BCUT2D eigenvalue weighted by molar-refractivity contribution is 0.0554. The van der Waals surface area contributed by atoms with E-state index in [1.54, 1.807) is 13.1 Å². The number of piperazine rings is 1. The Balaban J connectivity index is 1.67. The van der Waals surface area contributed by atoms with Crippen molar-refractivity contribution in [3.8, 4) is 0 Å². The lowest BCUT2D eigenvalue weighted by atomic mass is 10.1. The molecule has 0 spiro atoms. The molecule has 2 aliphatic heterocycles. The number of aromatic nitrogens is 1. The van der Waals surface area contributed by atoms with Gasteiger partial charge in [-0.2, -0.15) is 0 Å². The summed E-state index contributed by atoms with van der Waals surface area (Å²) in [4.78, 5) is 23.9. The molecule has 3 heterocycles. The van der Waals surface area contributed by atoms with Gasteiger partial charge in [0.05, 0.1) is 11.7 Å². The van der Waals surface area contributed by atoms with Crippen molar-refractivity contribution in [1.29, 1.82) is 0 Å². The number of aliphatic hydroxyl groups is 1. The molecule has 2 fully saturated rings. The predicted octanol–water partition coefficient (Wildman–Crippen LogP) is 1.21. The SMILES string of the molecule is C[C@H](O)CN1CCN(C(=O)c2cccnc2N2CCCCC2)CC1. The van der Waals surface area contributed by atoms with Crippen molar-refractivity contribution in [2.45, 2.75) is 32.3 Å². The zero-order valence-corrected chi connectivity index (χ0v) is 14.5. The molecule has 0 bridgehead atoms. The maximum atomic E-state index is 13.0. The van der Waals surface area contributed by atoms with Crippen LogP contribution in [0.4, 0.5) is 5.82 Å². The average molecular weight is 332 g/mol. The smallest absolute Gasteiger partial charge is 0.257 e. The highest BCUT2D eigenvalue weighted by molar-refractivity contribution is 5.99. The number of aliphatic hydroxyl groups excluding tert-OH is 1. The summed E-state index contributed by atoms with van der Waals surface area (Å²) in [5.41, 5.74) is 0.725. The minimum atomic E-state index is -0.323. The van der Waals surface area contributed by atoms with Crippen LogP contribution in [0.5, 0.6) is 0 Å². The zero-order valence-electron chi connectivity index (χ0n) is 14.5. The van der Waals surface area contributed by atoms with Crippen molar-refractivity contribution in [1.82, 2.24) is 14.8 Å². The first-order valence-corrected chi connectivity index (χ1v) is 9.05. The molecule has 1 atom stereocenters. The first-order chi connectivity index (χ1) is 11.6. The van der Waals surface area contributed by atoms with Gasteiger partial charge in [0.1, 0.15) is 5.82 Å². The predicted molar refractivity (Wildman–Crippen MR) is 94.3 cm³/mol. The highest BCUT2D eigenvalue weighted by atomic mass is 16.3. The first-order valence-electron chi connectivity index (χ1n) is 9.05. The highest BCUT2D eigenvalue weighted by Crippen LogP contribution is 2.23. The summed E-state index contributed by atoms with van der Waals surface area (Å²) in [6, 6.07) is 3.76. The molecular weight excluding hydrogens is 304 g/mol. The van der Waals surface area contributed by atoms with Gasteiger partial charge in [-0.3, -0.25) is 9.69 Å². The van der Waals surface area contributed by atoms with Crippen LogP contribution >= 0.6 is 0 Å². The highest BCUT2D eigenvalue weighted by Gasteiger charge is 2.26. The molecule has 6 heteroatoms. The number of carbonyl (C=O) groups is 1. The third-order valence-corrected chi connectivity index (χ3v) is 4.85. The molecule has 2 saturated heterocycles. The molecular formula is C18H28N4O2. The van der Waals surface area contributed by atoms with Crippen molar-refractivity contribution in [2.24, 2.45) is 0 Å². The van der Waals surface area contributed by atoms with Crippen LogP contribution in [0.25, 0.3) is 0 Å². The van der Waals surface area contributed by atoms with Crippen LogP contribution in [-0.4, -0.2) is 77.7 Å². The molecule has 2 aliphatic rings. The molecule has 1 N–H and O–H groups in total.